The zero-order valence-electron chi connectivity index (χ0n) is 22.2. The number of rotatable bonds is 8. The molecule has 0 aliphatic rings. The van der Waals surface area contributed by atoms with Crippen molar-refractivity contribution < 1.29 is 27.8 Å². The van der Waals surface area contributed by atoms with E-state index < -0.39 is 29.2 Å². The van der Waals surface area contributed by atoms with Crippen molar-refractivity contribution in [1.29, 1.82) is 0 Å². The molecule has 0 spiro atoms. The highest BCUT2D eigenvalue weighted by atomic mass is 19.1. The lowest BCUT2D eigenvalue weighted by Gasteiger charge is -2.30. The van der Waals surface area contributed by atoms with E-state index in [1.807, 2.05) is 24.3 Å². The number of H-pyrrole nitrogens is 2. The number of aromatic nitrogens is 3. The Balaban J connectivity index is 1.47. The van der Waals surface area contributed by atoms with Crippen LogP contribution in [-0.2, 0) is 11.2 Å². The number of aryl methyl sites for hydroxylation is 1. The number of ether oxygens (including phenoxy) is 1. The van der Waals surface area contributed by atoms with Crippen LogP contribution in [0.5, 0.6) is 11.5 Å². The molecule has 0 aliphatic heterocycles. The molecule has 206 valence electrons. The number of halogens is 3. The van der Waals surface area contributed by atoms with Crippen molar-refractivity contribution in [3.8, 4) is 22.9 Å². The van der Waals surface area contributed by atoms with E-state index in [0.29, 0.717) is 11.9 Å². The summed E-state index contributed by atoms with van der Waals surface area (Å²) in [5.41, 5.74) is 2.71. The highest BCUT2D eigenvalue weighted by Crippen LogP contribution is 2.41. The van der Waals surface area contributed by atoms with Gasteiger partial charge >= 0.3 is 5.97 Å². The minimum absolute atomic E-state index is 0.0301. The topological polar surface area (TPSA) is 91.0 Å². The number of carboxylic acid groups (broad SMARTS) is 1. The summed E-state index contributed by atoms with van der Waals surface area (Å²) in [7, 11) is 0. The first kappa shape index (κ1) is 27.1. The molecule has 3 aromatic carbocycles. The standard InChI is InChI=1S/C31H28F3N3O3/c1-31(2,3)27(18-6-4-5-17(13-18)7-10-26(38)39)25-16-36-30(37-25)21-14-19(8-9-22(21)32)40-29-23(33)15-24-20(28(29)34)11-12-35-24/h4-6,8-9,11-16,27,35H,7,10H2,1-3H3,(H,36,37)(H,38,39). The van der Waals surface area contributed by atoms with E-state index in [4.69, 9.17) is 9.84 Å². The average molecular weight is 548 g/mol. The summed E-state index contributed by atoms with van der Waals surface area (Å²) in [5.74, 6) is -3.68. The number of hydrogen-bond donors (Lipinski definition) is 3. The number of carboxylic acids is 1. The van der Waals surface area contributed by atoms with Crippen LogP contribution in [0.4, 0.5) is 13.2 Å². The zero-order valence-corrected chi connectivity index (χ0v) is 22.2. The molecule has 1 atom stereocenters. The second-order valence-electron chi connectivity index (χ2n) is 10.8. The molecule has 0 radical (unpaired) electrons. The van der Waals surface area contributed by atoms with Crippen molar-refractivity contribution >= 4 is 16.9 Å². The first-order chi connectivity index (χ1) is 19.0. The van der Waals surface area contributed by atoms with E-state index >= 15 is 0 Å². The van der Waals surface area contributed by atoms with Crippen LogP contribution in [0.2, 0.25) is 0 Å². The number of nitrogens with one attached hydrogen (secondary N) is 2. The number of hydrogen-bond acceptors (Lipinski definition) is 3. The van der Waals surface area contributed by atoms with Gasteiger partial charge in [0.15, 0.2) is 17.4 Å². The monoisotopic (exact) mass is 547 g/mol. The van der Waals surface area contributed by atoms with Gasteiger partial charge in [0.1, 0.15) is 17.4 Å². The van der Waals surface area contributed by atoms with Crippen LogP contribution in [0.3, 0.4) is 0 Å². The van der Waals surface area contributed by atoms with Crippen LogP contribution in [0.15, 0.2) is 67.0 Å². The van der Waals surface area contributed by atoms with Crippen LogP contribution in [-0.4, -0.2) is 26.0 Å². The van der Waals surface area contributed by atoms with Gasteiger partial charge in [-0.25, -0.2) is 18.2 Å². The summed E-state index contributed by atoms with van der Waals surface area (Å²) < 4.78 is 50.1. The molecule has 0 aliphatic carbocycles. The predicted molar refractivity (Wildman–Crippen MR) is 146 cm³/mol. The van der Waals surface area contributed by atoms with Crippen molar-refractivity contribution in [1.82, 2.24) is 15.0 Å². The first-order valence-electron chi connectivity index (χ1n) is 12.8. The van der Waals surface area contributed by atoms with Gasteiger partial charge in [0.25, 0.3) is 0 Å². The minimum Gasteiger partial charge on any atom is -0.481 e. The van der Waals surface area contributed by atoms with Gasteiger partial charge in [-0.15, -0.1) is 0 Å². The lowest BCUT2D eigenvalue weighted by Crippen LogP contribution is -2.20. The normalized spacial score (nSPS) is 12.6. The average Bonchev–Trinajstić information content (AvgIpc) is 3.56. The van der Waals surface area contributed by atoms with E-state index in [1.165, 1.54) is 24.4 Å². The molecule has 0 saturated carbocycles. The number of imidazole rings is 1. The number of benzene rings is 3. The van der Waals surface area contributed by atoms with Gasteiger partial charge in [-0.05, 0) is 47.2 Å². The molecule has 0 bridgehead atoms. The van der Waals surface area contributed by atoms with Gasteiger partial charge in [-0.3, -0.25) is 4.79 Å². The SMILES string of the molecule is CC(C)(C)C(c1cccc(CCC(=O)O)c1)c1cnc(-c2cc(Oc3c(F)cc4[nH]ccc4c3F)ccc2F)[nH]1. The summed E-state index contributed by atoms with van der Waals surface area (Å²) in [6.07, 6.45) is 3.58. The third-order valence-electron chi connectivity index (χ3n) is 6.80. The second kappa shape index (κ2) is 10.6. The van der Waals surface area contributed by atoms with Crippen molar-refractivity contribution in [2.45, 2.75) is 39.5 Å². The Bertz CT molecular complexity index is 1700. The first-order valence-corrected chi connectivity index (χ1v) is 12.8. The van der Waals surface area contributed by atoms with Gasteiger partial charge in [0, 0.05) is 41.9 Å². The number of carbonyl (C=O) groups is 1. The molecule has 5 aromatic rings. The number of nitrogens with zero attached hydrogens (tertiary/aromatic N) is 1. The van der Waals surface area contributed by atoms with Crippen LogP contribution in [0.25, 0.3) is 22.3 Å². The molecule has 5 rings (SSSR count). The molecule has 9 heteroatoms. The molecular weight excluding hydrogens is 519 g/mol. The summed E-state index contributed by atoms with van der Waals surface area (Å²) in [6, 6.07) is 14.2. The molecule has 0 saturated heterocycles. The Morgan fingerprint density at radius 2 is 1.85 bits per heavy atom. The maximum Gasteiger partial charge on any atom is 0.303 e. The molecule has 0 fully saturated rings. The summed E-state index contributed by atoms with van der Waals surface area (Å²) in [6.45, 7) is 6.21. The third kappa shape index (κ3) is 5.45. The van der Waals surface area contributed by atoms with Crippen LogP contribution >= 0.6 is 0 Å². The molecule has 40 heavy (non-hydrogen) atoms. The highest BCUT2D eigenvalue weighted by molar-refractivity contribution is 5.82. The fourth-order valence-corrected chi connectivity index (χ4v) is 5.02. The van der Waals surface area contributed by atoms with E-state index in [1.54, 1.807) is 6.20 Å². The van der Waals surface area contributed by atoms with Crippen LogP contribution in [0.1, 0.15) is 49.9 Å². The van der Waals surface area contributed by atoms with Crippen LogP contribution < -0.4 is 4.74 Å². The molecular formula is C31H28F3N3O3. The molecule has 2 aromatic heterocycles. The van der Waals surface area contributed by atoms with E-state index in [2.05, 4.69) is 35.7 Å². The molecule has 0 amide bonds. The van der Waals surface area contributed by atoms with Gasteiger partial charge < -0.3 is 19.8 Å². The third-order valence-corrected chi connectivity index (χ3v) is 6.80. The van der Waals surface area contributed by atoms with Crippen molar-refractivity contribution in [2.75, 3.05) is 0 Å². The van der Waals surface area contributed by atoms with Gasteiger partial charge in [0.05, 0.1) is 11.1 Å². The van der Waals surface area contributed by atoms with E-state index in [-0.39, 0.29) is 40.3 Å². The Morgan fingerprint density at radius 1 is 1.05 bits per heavy atom. The summed E-state index contributed by atoms with van der Waals surface area (Å²) >= 11 is 0. The molecule has 1 unspecified atom stereocenters. The minimum atomic E-state index is -0.891. The number of fused-ring (bicyclic) bond motifs is 1. The van der Waals surface area contributed by atoms with Gasteiger partial charge in [0.2, 0.25) is 0 Å². The van der Waals surface area contributed by atoms with E-state index in [0.717, 1.165) is 29.0 Å². The molecule has 6 nitrogen and oxygen atoms in total. The number of aromatic amines is 2. The van der Waals surface area contributed by atoms with E-state index in [9.17, 15) is 18.0 Å². The van der Waals surface area contributed by atoms with Crippen LogP contribution in [0, 0.1) is 22.9 Å². The smallest absolute Gasteiger partial charge is 0.303 e. The van der Waals surface area contributed by atoms with Gasteiger partial charge in [-0.1, -0.05) is 45.0 Å². The fraction of sp³-hybridized carbons (Fsp3) is 0.226. The molecule has 3 N–H and O–H groups in total. The zero-order chi connectivity index (χ0) is 28.6. The summed E-state index contributed by atoms with van der Waals surface area (Å²) in [4.78, 5) is 21.5. The van der Waals surface area contributed by atoms with Crippen molar-refractivity contribution in [2.24, 2.45) is 5.41 Å². The summed E-state index contributed by atoms with van der Waals surface area (Å²) in [5, 5.41) is 9.24. The lowest BCUT2D eigenvalue weighted by atomic mass is 9.74. The van der Waals surface area contributed by atoms with Crippen molar-refractivity contribution in [3.63, 3.8) is 0 Å². The Kier molecular flexibility index (Phi) is 7.14. The quantitative estimate of drug-likeness (QED) is 0.184. The highest BCUT2D eigenvalue weighted by Gasteiger charge is 2.30. The Labute approximate surface area is 228 Å². The second-order valence-corrected chi connectivity index (χ2v) is 10.8. The number of aliphatic carboxylic acids is 1. The lowest BCUT2D eigenvalue weighted by molar-refractivity contribution is -0.136. The molecule has 2 heterocycles. The maximum atomic E-state index is 15.0. The fourth-order valence-electron chi connectivity index (χ4n) is 5.02. The predicted octanol–water partition coefficient (Wildman–Crippen LogP) is 7.96. The van der Waals surface area contributed by atoms with Gasteiger partial charge in [-0.2, -0.15) is 0 Å². The Morgan fingerprint density at radius 3 is 2.60 bits per heavy atom. The van der Waals surface area contributed by atoms with Crippen molar-refractivity contribution in [3.05, 3.63) is 101 Å². The maximum absolute atomic E-state index is 15.0. The largest absolute Gasteiger partial charge is 0.481 e. The Hall–Kier alpha value is -4.53.